The predicted octanol–water partition coefficient (Wildman–Crippen LogP) is 2.41. The summed E-state index contributed by atoms with van der Waals surface area (Å²) in [6.07, 6.45) is 2.22. The first-order valence-electron chi connectivity index (χ1n) is 4.78. The predicted molar refractivity (Wildman–Crippen MR) is 51.4 cm³/mol. The van der Waals surface area contributed by atoms with Crippen molar-refractivity contribution in [3.63, 3.8) is 0 Å². The van der Waals surface area contributed by atoms with Crippen molar-refractivity contribution >= 4 is 0 Å². The summed E-state index contributed by atoms with van der Waals surface area (Å²) in [4.78, 5) is 0. The second kappa shape index (κ2) is 3.69. The van der Waals surface area contributed by atoms with Crippen LogP contribution in [0, 0.1) is 0 Å². The topological polar surface area (TPSA) is 18.5 Å². The number of hydrogen-bond donors (Lipinski definition) is 0. The molecule has 0 radical (unpaired) electrons. The summed E-state index contributed by atoms with van der Waals surface area (Å²) in [5.74, 6) is 1.97. The Balaban J connectivity index is 2.24. The standard InChI is InChI=1S/C11H14O2/c1-2-12-10-5-6-11-9(8-10)4-3-7-13-11/h5-6,8H,2-4,7H2,1H3. The van der Waals surface area contributed by atoms with E-state index in [9.17, 15) is 0 Å². The van der Waals surface area contributed by atoms with E-state index in [0.29, 0.717) is 0 Å². The first-order chi connectivity index (χ1) is 6.40. The summed E-state index contributed by atoms with van der Waals surface area (Å²) in [6, 6.07) is 6.05. The van der Waals surface area contributed by atoms with Crippen molar-refractivity contribution in [2.45, 2.75) is 19.8 Å². The van der Waals surface area contributed by atoms with Gasteiger partial charge in [-0.05, 0) is 43.5 Å². The molecule has 0 N–H and O–H groups in total. The van der Waals surface area contributed by atoms with Gasteiger partial charge in [0.05, 0.1) is 13.2 Å². The van der Waals surface area contributed by atoms with Crippen LogP contribution in [0.25, 0.3) is 0 Å². The molecular weight excluding hydrogens is 164 g/mol. The number of hydrogen-bond acceptors (Lipinski definition) is 2. The van der Waals surface area contributed by atoms with E-state index in [0.717, 1.165) is 37.6 Å². The molecule has 13 heavy (non-hydrogen) atoms. The van der Waals surface area contributed by atoms with Gasteiger partial charge in [-0.3, -0.25) is 0 Å². The average Bonchev–Trinajstić information content (AvgIpc) is 2.18. The molecule has 0 spiro atoms. The lowest BCUT2D eigenvalue weighted by Gasteiger charge is -2.17. The summed E-state index contributed by atoms with van der Waals surface area (Å²) in [5, 5.41) is 0. The van der Waals surface area contributed by atoms with E-state index < -0.39 is 0 Å². The highest BCUT2D eigenvalue weighted by Gasteiger charge is 2.10. The van der Waals surface area contributed by atoms with Gasteiger partial charge in [0.2, 0.25) is 0 Å². The molecule has 1 aromatic rings. The van der Waals surface area contributed by atoms with E-state index in [1.807, 2.05) is 19.1 Å². The SMILES string of the molecule is CCOc1ccc2c(c1)CCCO2. The van der Waals surface area contributed by atoms with E-state index in [4.69, 9.17) is 9.47 Å². The second-order valence-corrected chi connectivity index (χ2v) is 3.15. The molecule has 0 aliphatic carbocycles. The third-order valence-electron chi connectivity index (χ3n) is 2.19. The van der Waals surface area contributed by atoms with E-state index in [-0.39, 0.29) is 0 Å². The smallest absolute Gasteiger partial charge is 0.122 e. The molecule has 2 heteroatoms. The zero-order valence-corrected chi connectivity index (χ0v) is 7.88. The maximum atomic E-state index is 5.50. The van der Waals surface area contributed by atoms with Crippen LogP contribution in [0.5, 0.6) is 11.5 Å². The fourth-order valence-corrected chi connectivity index (χ4v) is 1.59. The Hall–Kier alpha value is -1.18. The van der Waals surface area contributed by atoms with Gasteiger partial charge in [-0.15, -0.1) is 0 Å². The average molecular weight is 178 g/mol. The Labute approximate surface area is 78.5 Å². The van der Waals surface area contributed by atoms with Crippen molar-refractivity contribution in [1.29, 1.82) is 0 Å². The number of rotatable bonds is 2. The van der Waals surface area contributed by atoms with E-state index in [2.05, 4.69) is 6.07 Å². The fourth-order valence-electron chi connectivity index (χ4n) is 1.59. The number of aryl methyl sites for hydroxylation is 1. The van der Waals surface area contributed by atoms with Crippen LogP contribution in [0.2, 0.25) is 0 Å². The molecule has 1 aliphatic rings. The van der Waals surface area contributed by atoms with Gasteiger partial charge in [0.1, 0.15) is 11.5 Å². The first-order valence-corrected chi connectivity index (χ1v) is 4.78. The lowest BCUT2D eigenvalue weighted by atomic mass is 10.1. The molecule has 2 nitrogen and oxygen atoms in total. The Morgan fingerprint density at radius 2 is 2.38 bits per heavy atom. The number of fused-ring (bicyclic) bond motifs is 1. The van der Waals surface area contributed by atoms with Crippen LogP contribution >= 0.6 is 0 Å². The van der Waals surface area contributed by atoms with Crippen LogP contribution in [0.3, 0.4) is 0 Å². The minimum atomic E-state index is 0.722. The molecule has 0 fully saturated rings. The Bertz CT molecular complexity index is 294. The van der Waals surface area contributed by atoms with Gasteiger partial charge >= 0.3 is 0 Å². The summed E-state index contributed by atoms with van der Waals surface area (Å²) in [7, 11) is 0. The van der Waals surface area contributed by atoms with Crippen LogP contribution in [0.1, 0.15) is 18.9 Å². The summed E-state index contributed by atoms with van der Waals surface area (Å²) >= 11 is 0. The summed E-state index contributed by atoms with van der Waals surface area (Å²) < 4.78 is 10.9. The fraction of sp³-hybridized carbons (Fsp3) is 0.455. The summed E-state index contributed by atoms with van der Waals surface area (Å²) in [5.41, 5.74) is 1.28. The van der Waals surface area contributed by atoms with Crippen molar-refractivity contribution in [2.75, 3.05) is 13.2 Å². The van der Waals surface area contributed by atoms with Gasteiger partial charge in [-0.25, -0.2) is 0 Å². The second-order valence-electron chi connectivity index (χ2n) is 3.15. The Kier molecular flexibility index (Phi) is 2.39. The minimum absolute atomic E-state index is 0.722. The molecule has 0 saturated carbocycles. The molecule has 0 saturated heterocycles. The molecule has 2 rings (SSSR count). The molecule has 70 valence electrons. The van der Waals surface area contributed by atoms with Gasteiger partial charge < -0.3 is 9.47 Å². The van der Waals surface area contributed by atoms with Crippen LogP contribution in [-0.2, 0) is 6.42 Å². The normalized spacial score (nSPS) is 14.5. The van der Waals surface area contributed by atoms with Gasteiger partial charge in [-0.1, -0.05) is 0 Å². The van der Waals surface area contributed by atoms with Gasteiger partial charge in [0, 0.05) is 0 Å². The van der Waals surface area contributed by atoms with Crippen molar-refractivity contribution in [1.82, 2.24) is 0 Å². The van der Waals surface area contributed by atoms with Crippen LogP contribution in [0.4, 0.5) is 0 Å². The molecule has 1 heterocycles. The van der Waals surface area contributed by atoms with Crippen molar-refractivity contribution in [2.24, 2.45) is 0 Å². The van der Waals surface area contributed by atoms with Crippen LogP contribution in [-0.4, -0.2) is 13.2 Å². The Morgan fingerprint density at radius 1 is 1.46 bits per heavy atom. The monoisotopic (exact) mass is 178 g/mol. The minimum Gasteiger partial charge on any atom is -0.494 e. The van der Waals surface area contributed by atoms with Gasteiger partial charge in [-0.2, -0.15) is 0 Å². The van der Waals surface area contributed by atoms with Crippen molar-refractivity contribution < 1.29 is 9.47 Å². The molecule has 0 unspecified atom stereocenters. The highest BCUT2D eigenvalue weighted by Crippen LogP contribution is 2.28. The maximum absolute atomic E-state index is 5.50. The highest BCUT2D eigenvalue weighted by atomic mass is 16.5. The van der Waals surface area contributed by atoms with E-state index in [1.165, 1.54) is 5.56 Å². The largest absolute Gasteiger partial charge is 0.494 e. The lowest BCUT2D eigenvalue weighted by molar-refractivity contribution is 0.285. The third-order valence-corrected chi connectivity index (χ3v) is 2.19. The third kappa shape index (κ3) is 1.77. The van der Waals surface area contributed by atoms with E-state index >= 15 is 0 Å². The Morgan fingerprint density at radius 3 is 3.23 bits per heavy atom. The zero-order chi connectivity index (χ0) is 9.10. The van der Waals surface area contributed by atoms with Crippen molar-refractivity contribution in [3.05, 3.63) is 23.8 Å². The quantitative estimate of drug-likeness (QED) is 0.692. The number of benzene rings is 1. The zero-order valence-electron chi connectivity index (χ0n) is 7.88. The maximum Gasteiger partial charge on any atom is 0.122 e. The van der Waals surface area contributed by atoms with Crippen molar-refractivity contribution in [3.8, 4) is 11.5 Å². The number of ether oxygens (including phenoxy) is 2. The molecule has 1 aromatic carbocycles. The van der Waals surface area contributed by atoms with Crippen LogP contribution in [0.15, 0.2) is 18.2 Å². The molecule has 1 aliphatic heterocycles. The molecule has 0 bridgehead atoms. The van der Waals surface area contributed by atoms with Gasteiger partial charge in [0.15, 0.2) is 0 Å². The lowest BCUT2D eigenvalue weighted by Crippen LogP contribution is -2.08. The first kappa shape index (κ1) is 8.42. The van der Waals surface area contributed by atoms with Gasteiger partial charge in [0.25, 0.3) is 0 Å². The highest BCUT2D eigenvalue weighted by molar-refractivity contribution is 5.41. The molecule has 0 aromatic heterocycles. The van der Waals surface area contributed by atoms with E-state index in [1.54, 1.807) is 0 Å². The molecular formula is C11H14O2. The molecule has 0 atom stereocenters. The molecule has 0 amide bonds. The van der Waals surface area contributed by atoms with Crippen LogP contribution < -0.4 is 9.47 Å². The summed E-state index contributed by atoms with van der Waals surface area (Å²) in [6.45, 7) is 3.57.